The summed E-state index contributed by atoms with van der Waals surface area (Å²) in [7, 11) is 0. The molecular weight excluding hydrogens is 220 g/mol. The molecule has 1 aliphatic heterocycles. The average Bonchev–Trinajstić information content (AvgIpc) is 2.41. The third-order valence-electron chi connectivity index (χ3n) is 3.44. The molecule has 0 spiro atoms. The van der Waals surface area contributed by atoms with Crippen LogP contribution in [0.3, 0.4) is 0 Å². The van der Waals surface area contributed by atoms with Gasteiger partial charge in [-0.3, -0.25) is 0 Å². The number of anilines is 1. The second kappa shape index (κ2) is 8.15. The molecule has 102 valence electrons. The van der Waals surface area contributed by atoms with Crippen LogP contribution in [0.15, 0.2) is 24.3 Å². The molecule has 18 heavy (non-hydrogen) atoms. The van der Waals surface area contributed by atoms with E-state index in [1.165, 1.54) is 44.5 Å². The topological polar surface area (TPSA) is 29.3 Å². The summed E-state index contributed by atoms with van der Waals surface area (Å²) in [5.74, 6) is 0.744. The normalized spacial score (nSPS) is 17.1. The molecule has 0 atom stereocenters. The third-order valence-corrected chi connectivity index (χ3v) is 3.44. The lowest BCUT2D eigenvalue weighted by molar-refractivity contribution is 0.222. The van der Waals surface area contributed by atoms with Crippen molar-refractivity contribution in [2.45, 2.75) is 46.0 Å². The van der Waals surface area contributed by atoms with Crippen molar-refractivity contribution in [2.24, 2.45) is 0 Å². The maximum Gasteiger partial charge on any atom is 0.0314 e. The molecule has 0 saturated carbocycles. The van der Waals surface area contributed by atoms with Gasteiger partial charge in [0.25, 0.3) is 0 Å². The fourth-order valence-electron chi connectivity index (χ4n) is 2.35. The Morgan fingerprint density at radius 3 is 2.00 bits per heavy atom. The number of nitrogen functional groups attached to an aromatic ring is 1. The number of rotatable bonds is 2. The Hall–Kier alpha value is -1.02. The van der Waals surface area contributed by atoms with E-state index in [1.54, 1.807) is 0 Å². The minimum absolute atomic E-state index is 0.744. The van der Waals surface area contributed by atoms with E-state index in [0.29, 0.717) is 0 Å². The van der Waals surface area contributed by atoms with Crippen LogP contribution >= 0.6 is 0 Å². The smallest absolute Gasteiger partial charge is 0.0314 e. The molecule has 0 unspecified atom stereocenters. The summed E-state index contributed by atoms with van der Waals surface area (Å²) in [5, 5.41) is 0. The first-order chi connectivity index (χ1) is 8.71. The van der Waals surface area contributed by atoms with Crippen LogP contribution in [-0.2, 0) is 0 Å². The molecule has 1 aromatic rings. The van der Waals surface area contributed by atoms with Crippen molar-refractivity contribution in [3.8, 4) is 0 Å². The van der Waals surface area contributed by atoms with Gasteiger partial charge < -0.3 is 10.6 Å². The Morgan fingerprint density at radius 2 is 1.56 bits per heavy atom. The van der Waals surface area contributed by atoms with Gasteiger partial charge >= 0.3 is 0 Å². The van der Waals surface area contributed by atoms with E-state index in [2.05, 4.69) is 37.8 Å². The summed E-state index contributed by atoms with van der Waals surface area (Å²) >= 11 is 0. The number of nitrogens with zero attached hydrogens (tertiary/aromatic N) is 1. The van der Waals surface area contributed by atoms with Gasteiger partial charge in [-0.1, -0.05) is 39.3 Å². The molecule has 1 saturated heterocycles. The van der Waals surface area contributed by atoms with Crippen LogP contribution in [0.1, 0.15) is 51.5 Å². The summed E-state index contributed by atoms with van der Waals surface area (Å²) in [6, 6.07) is 8.40. The SMILES string of the molecule is CCC.CCN1CCC(c2ccc(N)cc2)CC1. The Balaban J connectivity index is 0.000000492. The van der Waals surface area contributed by atoms with Gasteiger partial charge in [0.15, 0.2) is 0 Å². The zero-order chi connectivity index (χ0) is 13.4. The number of benzene rings is 1. The summed E-state index contributed by atoms with van der Waals surface area (Å²) in [6.45, 7) is 10.2. The maximum absolute atomic E-state index is 5.69. The third kappa shape index (κ3) is 4.69. The molecule has 1 aromatic carbocycles. The fraction of sp³-hybridized carbons (Fsp3) is 0.625. The molecule has 1 heterocycles. The largest absolute Gasteiger partial charge is 0.399 e. The maximum atomic E-state index is 5.69. The summed E-state index contributed by atoms with van der Waals surface area (Å²) in [5.41, 5.74) is 8.02. The first-order valence-electron chi connectivity index (χ1n) is 7.29. The lowest BCUT2D eigenvalue weighted by Crippen LogP contribution is -2.32. The highest BCUT2D eigenvalue weighted by molar-refractivity contribution is 5.40. The van der Waals surface area contributed by atoms with Crippen LogP contribution in [0, 0.1) is 0 Å². The van der Waals surface area contributed by atoms with Gasteiger partial charge in [0.1, 0.15) is 0 Å². The number of hydrogen-bond acceptors (Lipinski definition) is 2. The quantitative estimate of drug-likeness (QED) is 0.805. The van der Waals surface area contributed by atoms with Gasteiger partial charge in [0, 0.05) is 5.69 Å². The molecule has 0 aliphatic carbocycles. The van der Waals surface area contributed by atoms with Gasteiger partial charge in [-0.05, 0) is 56.1 Å². The molecule has 2 heteroatoms. The first kappa shape index (κ1) is 15.0. The van der Waals surface area contributed by atoms with E-state index in [9.17, 15) is 0 Å². The molecule has 2 N–H and O–H groups in total. The Labute approximate surface area is 112 Å². The monoisotopic (exact) mass is 248 g/mol. The number of piperidine rings is 1. The van der Waals surface area contributed by atoms with Gasteiger partial charge in [0.05, 0.1) is 0 Å². The van der Waals surface area contributed by atoms with E-state index >= 15 is 0 Å². The van der Waals surface area contributed by atoms with Crippen LogP contribution in [0.5, 0.6) is 0 Å². The van der Waals surface area contributed by atoms with Crippen molar-refractivity contribution in [3.63, 3.8) is 0 Å². The lowest BCUT2D eigenvalue weighted by Gasteiger charge is -2.31. The second-order valence-electron chi connectivity index (χ2n) is 5.08. The zero-order valence-corrected chi connectivity index (χ0v) is 12.2. The molecule has 0 aromatic heterocycles. The van der Waals surface area contributed by atoms with E-state index in [-0.39, 0.29) is 0 Å². The highest BCUT2D eigenvalue weighted by atomic mass is 15.1. The number of hydrogen-bond donors (Lipinski definition) is 1. The second-order valence-corrected chi connectivity index (χ2v) is 5.08. The Kier molecular flexibility index (Phi) is 6.81. The first-order valence-corrected chi connectivity index (χ1v) is 7.29. The van der Waals surface area contributed by atoms with Crippen molar-refractivity contribution in [2.75, 3.05) is 25.4 Å². The Bertz CT molecular complexity index is 310. The van der Waals surface area contributed by atoms with E-state index in [0.717, 1.165) is 11.6 Å². The highest BCUT2D eigenvalue weighted by Crippen LogP contribution is 2.28. The number of nitrogens with two attached hydrogens (primary N) is 1. The molecular formula is C16H28N2. The van der Waals surface area contributed by atoms with Crippen molar-refractivity contribution in [3.05, 3.63) is 29.8 Å². The van der Waals surface area contributed by atoms with Crippen LogP contribution in [0.4, 0.5) is 5.69 Å². The lowest BCUT2D eigenvalue weighted by atomic mass is 9.89. The molecule has 0 radical (unpaired) electrons. The Morgan fingerprint density at radius 1 is 1.06 bits per heavy atom. The van der Waals surface area contributed by atoms with Crippen LogP contribution in [0.2, 0.25) is 0 Å². The van der Waals surface area contributed by atoms with Gasteiger partial charge in [-0.2, -0.15) is 0 Å². The number of likely N-dealkylation sites (tertiary alicyclic amines) is 1. The standard InChI is InChI=1S/C13H20N2.C3H8/c1-2-15-9-7-12(8-10-15)11-3-5-13(14)6-4-11;1-3-2/h3-6,12H,2,7-10,14H2,1H3;3H2,1-2H3. The molecule has 0 bridgehead atoms. The van der Waals surface area contributed by atoms with Crippen LogP contribution < -0.4 is 5.73 Å². The predicted molar refractivity (Wildman–Crippen MR) is 80.9 cm³/mol. The van der Waals surface area contributed by atoms with Gasteiger partial charge in [-0.15, -0.1) is 0 Å². The molecule has 1 fully saturated rings. The van der Waals surface area contributed by atoms with Crippen LogP contribution in [0.25, 0.3) is 0 Å². The predicted octanol–water partition coefficient (Wildman–Crippen LogP) is 3.88. The molecule has 0 amide bonds. The summed E-state index contributed by atoms with van der Waals surface area (Å²) < 4.78 is 0. The molecule has 2 nitrogen and oxygen atoms in total. The van der Waals surface area contributed by atoms with Crippen molar-refractivity contribution >= 4 is 5.69 Å². The minimum atomic E-state index is 0.744. The minimum Gasteiger partial charge on any atom is -0.399 e. The van der Waals surface area contributed by atoms with E-state index < -0.39 is 0 Å². The van der Waals surface area contributed by atoms with Crippen molar-refractivity contribution in [1.29, 1.82) is 0 Å². The summed E-state index contributed by atoms with van der Waals surface area (Å²) in [4.78, 5) is 2.52. The van der Waals surface area contributed by atoms with Crippen LogP contribution in [-0.4, -0.2) is 24.5 Å². The van der Waals surface area contributed by atoms with Gasteiger partial charge in [0.2, 0.25) is 0 Å². The van der Waals surface area contributed by atoms with Crippen molar-refractivity contribution in [1.82, 2.24) is 4.90 Å². The van der Waals surface area contributed by atoms with E-state index in [1.807, 2.05) is 12.1 Å². The molecule has 2 rings (SSSR count). The van der Waals surface area contributed by atoms with E-state index in [4.69, 9.17) is 5.73 Å². The van der Waals surface area contributed by atoms with Crippen molar-refractivity contribution < 1.29 is 0 Å². The summed E-state index contributed by atoms with van der Waals surface area (Å²) in [6.07, 6.45) is 3.83. The zero-order valence-electron chi connectivity index (χ0n) is 12.2. The highest BCUT2D eigenvalue weighted by Gasteiger charge is 2.18. The van der Waals surface area contributed by atoms with Gasteiger partial charge in [-0.25, -0.2) is 0 Å². The fourth-order valence-corrected chi connectivity index (χ4v) is 2.35. The molecule has 1 aliphatic rings. The average molecular weight is 248 g/mol.